The molecule has 1 fully saturated rings. The molecule has 2 rings (SSSR count). The Morgan fingerprint density at radius 1 is 1.48 bits per heavy atom. The molecule has 21 heavy (non-hydrogen) atoms. The van der Waals surface area contributed by atoms with Crippen molar-refractivity contribution in [2.24, 2.45) is 5.92 Å². The van der Waals surface area contributed by atoms with Gasteiger partial charge in [-0.3, -0.25) is 10.1 Å². The molecule has 0 aromatic carbocycles. The van der Waals surface area contributed by atoms with E-state index in [-0.39, 0.29) is 10.6 Å². The summed E-state index contributed by atoms with van der Waals surface area (Å²) in [5.74, 6) is 1.58. The van der Waals surface area contributed by atoms with Crippen molar-refractivity contribution in [1.29, 1.82) is 0 Å². The normalized spacial score (nSPS) is 15.7. The largest absolute Gasteiger partial charge is 0.381 e. The molecule has 0 bridgehead atoms. The van der Waals surface area contributed by atoms with Crippen molar-refractivity contribution in [3.8, 4) is 0 Å². The molecule has 1 aliphatic heterocycles. The number of pyridine rings is 1. The molecule has 1 saturated heterocycles. The van der Waals surface area contributed by atoms with Crippen LogP contribution in [0.15, 0.2) is 12.1 Å². The van der Waals surface area contributed by atoms with Gasteiger partial charge in [0, 0.05) is 39.4 Å². The molecule has 0 atom stereocenters. The number of anilines is 2. The van der Waals surface area contributed by atoms with Crippen molar-refractivity contribution in [3.05, 3.63) is 22.2 Å². The van der Waals surface area contributed by atoms with Gasteiger partial charge in [0.15, 0.2) is 0 Å². The molecule has 0 spiro atoms. The Hall–Kier alpha value is -1.89. The average molecular weight is 294 g/mol. The molecule has 0 radical (unpaired) electrons. The third kappa shape index (κ3) is 4.04. The Morgan fingerprint density at radius 3 is 2.81 bits per heavy atom. The number of nitrogens with one attached hydrogen (secondary N) is 1. The van der Waals surface area contributed by atoms with E-state index in [1.807, 2.05) is 18.9 Å². The summed E-state index contributed by atoms with van der Waals surface area (Å²) < 4.78 is 5.35. The van der Waals surface area contributed by atoms with Gasteiger partial charge in [-0.2, -0.15) is 0 Å². The second kappa shape index (κ2) is 7.21. The van der Waals surface area contributed by atoms with Crippen LogP contribution in [0, 0.1) is 16.0 Å². The topological polar surface area (TPSA) is 80.5 Å². The van der Waals surface area contributed by atoms with Crippen molar-refractivity contribution in [3.63, 3.8) is 0 Å². The minimum atomic E-state index is -0.376. The first-order valence-corrected chi connectivity index (χ1v) is 7.30. The number of nitrogens with zero attached hydrogens (tertiary/aromatic N) is 3. The first-order valence-electron chi connectivity index (χ1n) is 7.30. The fourth-order valence-electron chi connectivity index (χ4n) is 2.55. The summed E-state index contributed by atoms with van der Waals surface area (Å²) in [6.07, 6.45) is 1.98. The van der Waals surface area contributed by atoms with Gasteiger partial charge in [-0.1, -0.05) is 0 Å². The molecule has 0 aliphatic carbocycles. The van der Waals surface area contributed by atoms with E-state index in [0.717, 1.165) is 39.1 Å². The van der Waals surface area contributed by atoms with Crippen LogP contribution in [-0.2, 0) is 4.74 Å². The number of nitro groups is 1. The molecule has 0 saturated carbocycles. The lowest BCUT2D eigenvalue weighted by molar-refractivity contribution is -0.384. The van der Waals surface area contributed by atoms with Crippen molar-refractivity contribution >= 4 is 17.3 Å². The fraction of sp³-hybridized carbons (Fsp3) is 0.643. The van der Waals surface area contributed by atoms with Crippen molar-refractivity contribution < 1.29 is 9.66 Å². The third-order valence-corrected chi connectivity index (χ3v) is 3.64. The maximum atomic E-state index is 11.2. The first kappa shape index (κ1) is 15.5. The van der Waals surface area contributed by atoms with Gasteiger partial charge in [0.25, 0.3) is 0 Å². The van der Waals surface area contributed by atoms with Crippen LogP contribution >= 0.6 is 0 Å². The van der Waals surface area contributed by atoms with Gasteiger partial charge < -0.3 is 15.0 Å². The molecular formula is C14H22N4O3. The zero-order valence-electron chi connectivity index (χ0n) is 12.5. The smallest absolute Gasteiger partial charge is 0.311 e. The SMILES string of the molecule is CCNc1ccc([N+](=O)[O-])c(N(C)CC2CCOCC2)n1. The molecule has 1 aromatic heterocycles. The maximum absolute atomic E-state index is 11.2. The molecule has 7 nitrogen and oxygen atoms in total. The highest BCUT2D eigenvalue weighted by Crippen LogP contribution is 2.28. The number of hydrogen-bond acceptors (Lipinski definition) is 6. The van der Waals surface area contributed by atoms with E-state index in [2.05, 4.69) is 10.3 Å². The van der Waals surface area contributed by atoms with Crippen LogP contribution in [0.2, 0.25) is 0 Å². The second-order valence-corrected chi connectivity index (χ2v) is 5.26. The van der Waals surface area contributed by atoms with Gasteiger partial charge in [-0.15, -0.1) is 0 Å². The van der Waals surface area contributed by atoms with Crippen LogP contribution in [-0.4, -0.2) is 43.3 Å². The van der Waals surface area contributed by atoms with Gasteiger partial charge in [-0.25, -0.2) is 4.98 Å². The van der Waals surface area contributed by atoms with E-state index in [1.165, 1.54) is 6.07 Å². The molecule has 1 aromatic rings. The van der Waals surface area contributed by atoms with Crippen molar-refractivity contribution in [2.75, 3.05) is 43.6 Å². The summed E-state index contributed by atoms with van der Waals surface area (Å²) in [5, 5.41) is 14.3. The minimum Gasteiger partial charge on any atom is -0.381 e. The van der Waals surface area contributed by atoms with E-state index in [4.69, 9.17) is 4.74 Å². The number of hydrogen-bond donors (Lipinski definition) is 1. The summed E-state index contributed by atoms with van der Waals surface area (Å²) in [6, 6.07) is 3.16. The van der Waals surface area contributed by atoms with Gasteiger partial charge in [0.1, 0.15) is 5.82 Å². The lowest BCUT2D eigenvalue weighted by atomic mass is 10.00. The van der Waals surface area contributed by atoms with Gasteiger partial charge >= 0.3 is 5.69 Å². The lowest BCUT2D eigenvalue weighted by Crippen LogP contribution is -2.30. The Labute approximate surface area is 124 Å². The molecule has 7 heteroatoms. The zero-order valence-corrected chi connectivity index (χ0v) is 12.5. The monoisotopic (exact) mass is 294 g/mol. The summed E-state index contributed by atoms with van der Waals surface area (Å²) in [4.78, 5) is 17.1. The van der Waals surface area contributed by atoms with Crippen molar-refractivity contribution in [1.82, 2.24) is 4.98 Å². The van der Waals surface area contributed by atoms with Crippen LogP contribution in [0.25, 0.3) is 0 Å². The van der Waals surface area contributed by atoms with Gasteiger partial charge in [0.2, 0.25) is 5.82 Å². The third-order valence-electron chi connectivity index (χ3n) is 3.64. The van der Waals surface area contributed by atoms with Crippen LogP contribution in [0.4, 0.5) is 17.3 Å². The lowest BCUT2D eigenvalue weighted by Gasteiger charge is -2.27. The summed E-state index contributed by atoms with van der Waals surface area (Å²) in [6.45, 7) is 4.99. The molecule has 1 N–H and O–H groups in total. The zero-order chi connectivity index (χ0) is 15.2. The fourth-order valence-corrected chi connectivity index (χ4v) is 2.55. The highest BCUT2D eigenvalue weighted by Gasteiger charge is 2.23. The Balaban J connectivity index is 2.17. The highest BCUT2D eigenvalue weighted by atomic mass is 16.6. The second-order valence-electron chi connectivity index (χ2n) is 5.26. The van der Waals surface area contributed by atoms with Crippen LogP contribution in [0.3, 0.4) is 0 Å². The Morgan fingerprint density at radius 2 is 2.19 bits per heavy atom. The molecular weight excluding hydrogens is 272 g/mol. The molecule has 0 amide bonds. The van der Waals surface area contributed by atoms with Gasteiger partial charge in [-0.05, 0) is 31.7 Å². The van der Waals surface area contributed by atoms with Crippen LogP contribution < -0.4 is 10.2 Å². The van der Waals surface area contributed by atoms with Crippen LogP contribution in [0.5, 0.6) is 0 Å². The Kier molecular flexibility index (Phi) is 5.32. The number of ether oxygens (including phenoxy) is 1. The first-order chi connectivity index (χ1) is 10.1. The maximum Gasteiger partial charge on any atom is 0.311 e. The highest BCUT2D eigenvalue weighted by molar-refractivity contribution is 5.61. The molecule has 116 valence electrons. The van der Waals surface area contributed by atoms with E-state index in [0.29, 0.717) is 17.6 Å². The molecule has 1 aliphatic rings. The van der Waals surface area contributed by atoms with E-state index >= 15 is 0 Å². The minimum absolute atomic E-state index is 0.0474. The Bertz CT molecular complexity index is 489. The average Bonchev–Trinajstić information content (AvgIpc) is 2.48. The predicted molar refractivity (Wildman–Crippen MR) is 81.9 cm³/mol. The van der Waals surface area contributed by atoms with E-state index in [9.17, 15) is 10.1 Å². The molecule has 0 unspecified atom stereocenters. The number of aromatic nitrogens is 1. The predicted octanol–water partition coefficient (Wildman–Crippen LogP) is 2.28. The van der Waals surface area contributed by atoms with Gasteiger partial charge in [0.05, 0.1) is 4.92 Å². The van der Waals surface area contributed by atoms with Crippen molar-refractivity contribution in [2.45, 2.75) is 19.8 Å². The summed E-state index contributed by atoms with van der Waals surface area (Å²) in [7, 11) is 1.86. The summed E-state index contributed by atoms with van der Waals surface area (Å²) in [5.41, 5.74) is 0.0474. The van der Waals surface area contributed by atoms with Crippen LogP contribution in [0.1, 0.15) is 19.8 Å². The molecule has 2 heterocycles. The summed E-state index contributed by atoms with van der Waals surface area (Å²) >= 11 is 0. The standard InChI is InChI=1S/C14H22N4O3/c1-3-15-13-5-4-12(18(19)20)14(16-13)17(2)10-11-6-8-21-9-7-11/h4-5,11H,3,6-10H2,1-2H3,(H,15,16). The van der Waals surface area contributed by atoms with E-state index in [1.54, 1.807) is 6.07 Å². The number of rotatable bonds is 6. The quantitative estimate of drug-likeness (QED) is 0.640. The van der Waals surface area contributed by atoms with E-state index < -0.39 is 0 Å².